The van der Waals surface area contributed by atoms with Gasteiger partial charge in [-0.05, 0) is 24.6 Å². The molecule has 0 spiro atoms. The maximum Gasteiger partial charge on any atom is 0.308 e. The van der Waals surface area contributed by atoms with Gasteiger partial charge in [0.1, 0.15) is 13.2 Å². The van der Waals surface area contributed by atoms with Gasteiger partial charge in [0.05, 0.1) is 10.2 Å². The van der Waals surface area contributed by atoms with Gasteiger partial charge in [-0.15, -0.1) is 0 Å². The number of unbranched alkanes of at least 4 members (excludes halogenated alkanes) is 8. The van der Waals surface area contributed by atoms with E-state index in [-0.39, 0.29) is 23.3 Å². The number of rotatable bonds is 15. The Morgan fingerprint density at radius 3 is 2.33 bits per heavy atom. The highest BCUT2D eigenvalue weighted by Gasteiger charge is 2.22. The molecule has 1 fully saturated rings. The molecule has 2 aromatic rings. The first-order chi connectivity index (χ1) is 17.5. The molecule has 36 heavy (non-hydrogen) atoms. The van der Waals surface area contributed by atoms with Crippen LogP contribution in [0.5, 0.6) is 0 Å². The number of esters is 1. The minimum absolute atomic E-state index is 0.0235. The number of aromatic nitrogens is 1. The van der Waals surface area contributed by atoms with Crippen molar-refractivity contribution >= 4 is 45.0 Å². The zero-order valence-electron chi connectivity index (χ0n) is 21.5. The van der Waals surface area contributed by atoms with Gasteiger partial charge in [-0.25, -0.2) is 0 Å². The number of hydrogen-bond acceptors (Lipinski definition) is 6. The molecule has 1 amide bonds. The minimum Gasteiger partial charge on any atom is -0.464 e. The minimum atomic E-state index is -0.150. The lowest BCUT2D eigenvalue weighted by Gasteiger charge is -2.34. The van der Waals surface area contributed by atoms with E-state index in [4.69, 9.17) is 16.3 Å². The van der Waals surface area contributed by atoms with Crippen LogP contribution in [0.2, 0.25) is 5.02 Å². The van der Waals surface area contributed by atoms with Crippen molar-refractivity contribution in [3.8, 4) is 0 Å². The lowest BCUT2D eigenvalue weighted by molar-refractivity contribution is -0.144. The number of ether oxygens (including phenoxy) is 1. The van der Waals surface area contributed by atoms with Crippen LogP contribution in [0.25, 0.3) is 10.2 Å². The highest BCUT2D eigenvalue weighted by atomic mass is 35.5. The van der Waals surface area contributed by atoms with Crippen LogP contribution in [0.4, 0.5) is 0 Å². The molecule has 2 heterocycles. The van der Waals surface area contributed by atoms with Gasteiger partial charge in [-0.1, -0.05) is 81.2 Å². The van der Waals surface area contributed by atoms with E-state index in [9.17, 15) is 14.4 Å². The summed E-state index contributed by atoms with van der Waals surface area (Å²) in [6.07, 6.45) is 11.6. The van der Waals surface area contributed by atoms with E-state index in [0.717, 1.165) is 42.0 Å². The monoisotopic (exact) mass is 537 g/mol. The molecule has 1 saturated heterocycles. The third-order valence-electron chi connectivity index (χ3n) is 6.80. The molecule has 0 unspecified atom stereocenters. The number of thiazole rings is 1. The fourth-order valence-corrected chi connectivity index (χ4v) is 5.62. The van der Waals surface area contributed by atoms with Crippen molar-refractivity contribution in [1.29, 1.82) is 0 Å². The Balaban J connectivity index is 1.26. The van der Waals surface area contributed by atoms with Gasteiger partial charge in [0.2, 0.25) is 5.91 Å². The van der Waals surface area contributed by atoms with Crippen LogP contribution in [-0.2, 0) is 20.9 Å². The number of halogens is 1. The maximum absolute atomic E-state index is 12.8. The zero-order chi connectivity index (χ0) is 25.8. The fraction of sp³-hybridized carbons (Fsp3) is 0.667. The first-order valence-corrected chi connectivity index (χ1v) is 14.6. The second-order valence-corrected chi connectivity index (χ2v) is 11.0. The molecule has 0 bridgehead atoms. The summed E-state index contributed by atoms with van der Waals surface area (Å²) in [5.74, 6) is -0.177. The van der Waals surface area contributed by atoms with Gasteiger partial charge in [0, 0.05) is 44.2 Å². The number of benzene rings is 1. The highest BCUT2D eigenvalue weighted by Crippen LogP contribution is 2.21. The number of amides is 1. The molecule has 1 aliphatic heterocycles. The molecular formula is C27H40ClN3O4S. The number of piperazine rings is 1. The van der Waals surface area contributed by atoms with Gasteiger partial charge in [0.25, 0.3) is 0 Å². The first-order valence-electron chi connectivity index (χ1n) is 13.4. The molecule has 9 heteroatoms. The summed E-state index contributed by atoms with van der Waals surface area (Å²) in [7, 11) is 0. The Bertz CT molecular complexity index is 1030. The van der Waals surface area contributed by atoms with Crippen LogP contribution in [0.1, 0.15) is 71.1 Å². The molecule has 0 N–H and O–H groups in total. The van der Waals surface area contributed by atoms with Crippen LogP contribution in [0.15, 0.2) is 23.0 Å². The lowest BCUT2D eigenvalue weighted by Crippen LogP contribution is -2.50. The van der Waals surface area contributed by atoms with Crippen molar-refractivity contribution in [3.63, 3.8) is 0 Å². The number of nitrogens with zero attached hydrogens (tertiary/aromatic N) is 3. The Morgan fingerprint density at radius 1 is 0.972 bits per heavy atom. The van der Waals surface area contributed by atoms with E-state index < -0.39 is 0 Å². The number of carbonyl (C=O) groups excluding carboxylic acids is 2. The first kappa shape index (κ1) is 28.7. The average Bonchev–Trinajstić information content (AvgIpc) is 3.17. The Morgan fingerprint density at radius 2 is 1.64 bits per heavy atom. The van der Waals surface area contributed by atoms with E-state index >= 15 is 0 Å². The molecule has 0 saturated carbocycles. The summed E-state index contributed by atoms with van der Waals surface area (Å²) in [6, 6.07) is 5.30. The Labute approximate surface area is 223 Å². The largest absolute Gasteiger partial charge is 0.464 e. The third kappa shape index (κ3) is 9.20. The van der Waals surface area contributed by atoms with Crippen molar-refractivity contribution in [2.75, 3.05) is 39.3 Å². The van der Waals surface area contributed by atoms with Crippen molar-refractivity contribution in [3.05, 3.63) is 32.9 Å². The van der Waals surface area contributed by atoms with Crippen molar-refractivity contribution in [2.45, 2.75) is 77.7 Å². The van der Waals surface area contributed by atoms with Crippen LogP contribution in [0, 0.1) is 0 Å². The van der Waals surface area contributed by atoms with Crippen LogP contribution >= 0.6 is 22.9 Å². The van der Waals surface area contributed by atoms with E-state index in [0.29, 0.717) is 43.2 Å². The van der Waals surface area contributed by atoms with Gasteiger partial charge in [-0.2, -0.15) is 0 Å². The molecule has 200 valence electrons. The van der Waals surface area contributed by atoms with Crippen molar-refractivity contribution in [2.24, 2.45) is 0 Å². The molecule has 0 atom stereocenters. The van der Waals surface area contributed by atoms with Gasteiger partial charge in [-0.3, -0.25) is 23.9 Å². The Hall–Kier alpha value is -1.90. The summed E-state index contributed by atoms with van der Waals surface area (Å²) in [4.78, 5) is 41.1. The molecule has 3 rings (SSSR count). The van der Waals surface area contributed by atoms with Gasteiger partial charge >= 0.3 is 10.8 Å². The second kappa shape index (κ2) is 15.4. The quantitative estimate of drug-likeness (QED) is 0.227. The molecule has 7 nitrogen and oxygen atoms in total. The van der Waals surface area contributed by atoms with Crippen molar-refractivity contribution < 1.29 is 14.3 Å². The number of carbonyl (C=O) groups is 2. The number of hydrogen-bond donors (Lipinski definition) is 0. The fourth-order valence-electron chi connectivity index (χ4n) is 4.58. The molecule has 0 radical (unpaired) electrons. The SMILES string of the molecule is CCCCCCCCCCCC(=O)OCCN1CCN(C(=O)Cn2c(=O)sc3ccc(Cl)cc32)CC1. The highest BCUT2D eigenvalue weighted by molar-refractivity contribution is 7.16. The average molecular weight is 538 g/mol. The second-order valence-electron chi connectivity index (χ2n) is 9.59. The standard InChI is InChI=1S/C27H40ClN3O4S/c1-2-3-4-5-6-7-8-9-10-11-26(33)35-19-18-29-14-16-30(17-15-29)25(32)21-31-23-20-22(28)12-13-24(23)36-27(31)34/h12-13,20H,2-11,14-19,21H2,1H3. The number of fused-ring (bicyclic) bond motifs is 1. The van der Waals surface area contributed by atoms with Crippen LogP contribution in [0.3, 0.4) is 0 Å². The summed E-state index contributed by atoms with van der Waals surface area (Å²) < 4.78 is 7.75. The normalized spacial score (nSPS) is 14.4. The smallest absolute Gasteiger partial charge is 0.308 e. The summed E-state index contributed by atoms with van der Waals surface area (Å²) in [5.41, 5.74) is 0.703. The van der Waals surface area contributed by atoms with Gasteiger partial charge in [0.15, 0.2) is 0 Å². The van der Waals surface area contributed by atoms with Gasteiger partial charge < -0.3 is 9.64 Å². The summed E-state index contributed by atoms with van der Waals surface area (Å²) >= 11 is 7.21. The van der Waals surface area contributed by atoms with Crippen molar-refractivity contribution in [1.82, 2.24) is 14.4 Å². The van der Waals surface area contributed by atoms with E-state index in [1.54, 1.807) is 17.0 Å². The third-order valence-corrected chi connectivity index (χ3v) is 8.00. The molecule has 1 aromatic carbocycles. The predicted octanol–water partition coefficient (Wildman–Crippen LogP) is 5.32. The Kier molecular flexibility index (Phi) is 12.2. The topological polar surface area (TPSA) is 71.8 Å². The van der Waals surface area contributed by atoms with E-state index in [1.165, 1.54) is 49.5 Å². The van der Waals surface area contributed by atoms with E-state index in [2.05, 4.69) is 11.8 Å². The molecule has 0 aliphatic carbocycles. The summed E-state index contributed by atoms with van der Waals surface area (Å²) in [5, 5.41) is 0.545. The maximum atomic E-state index is 12.8. The predicted molar refractivity (Wildman–Crippen MR) is 147 cm³/mol. The lowest BCUT2D eigenvalue weighted by atomic mass is 10.1. The molecule has 1 aromatic heterocycles. The van der Waals surface area contributed by atoms with E-state index in [1.807, 2.05) is 6.07 Å². The van der Waals surface area contributed by atoms with Crippen LogP contribution in [-0.4, -0.2) is 65.6 Å². The summed E-state index contributed by atoms with van der Waals surface area (Å²) in [6.45, 7) is 5.99. The molecular weight excluding hydrogens is 498 g/mol. The molecule has 1 aliphatic rings. The zero-order valence-corrected chi connectivity index (χ0v) is 23.1. The van der Waals surface area contributed by atoms with Crippen LogP contribution < -0.4 is 4.87 Å².